The van der Waals surface area contributed by atoms with Gasteiger partial charge in [0.05, 0.1) is 0 Å². The summed E-state index contributed by atoms with van der Waals surface area (Å²) >= 11 is 0. The van der Waals surface area contributed by atoms with E-state index in [4.69, 9.17) is 0 Å². The standard InChI is InChI=1S/C12H18B2N4/c1-3-7-11(8-4-1)17-13-16-18(14-15-17)12-9-5-2-6-10-12/h1,3-4,7-8,12,15-16H,2,5-6,9-10H2. The van der Waals surface area contributed by atoms with Crippen LogP contribution in [-0.2, 0) is 0 Å². The van der Waals surface area contributed by atoms with Gasteiger partial charge in [-0.25, -0.2) is 0 Å². The highest BCUT2D eigenvalue weighted by molar-refractivity contribution is 6.45. The summed E-state index contributed by atoms with van der Waals surface area (Å²) in [5, 5.41) is 6.65. The fourth-order valence-electron chi connectivity index (χ4n) is 2.63. The van der Waals surface area contributed by atoms with E-state index in [1.807, 2.05) is 38.2 Å². The predicted molar refractivity (Wildman–Crippen MR) is 75.4 cm³/mol. The van der Waals surface area contributed by atoms with Crippen LogP contribution in [0.5, 0.6) is 0 Å². The molecule has 4 nitrogen and oxygen atoms in total. The van der Waals surface area contributed by atoms with Crippen LogP contribution in [0.1, 0.15) is 32.1 Å². The van der Waals surface area contributed by atoms with Crippen molar-refractivity contribution < 1.29 is 0 Å². The molecule has 92 valence electrons. The lowest BCUT2D eigenvalue weighted by molar-refractivity contribution is 0.228. The summed E-state index contributed by atoms with van der Waals surface area (Å²) in [5.74, 6) is 0. The molecule has 2 N–H and O–H groups in total. The highest BCUT2D eigenvalue weighted by Crippen LogP contribution is 2.21. The molecule has 0 unspecified atom stereocenters. The van der Waals surface area contributed by atoms with Gasteiger partial charge in [0.2, 0.25) is 0 Å². The minimum absolute atomic E-state index is 0.625. The molecular formula is C12H18B2N4. The highest BCUT2D eigenvalue weighted by atomic mass is 15.6. The summed E-state index contributed by atoms with van der Waals surface area (Å²) < 4.78 is 0. The second-order valence-corrected chi connectivity index (χ2v) is 4.92. The van der Waals surface area contributed by atoms with E-state index in [9.17, 15) is 0 Å². The zero-order valence-electron chi connectivity index (χ0n) is 10.5. The number of para-hydroxylation sites is 1. The number of nitrogens with zero attached hydrogens (tertiary/aromatic N) is 2. The van der Waals surface area contributed by atoms with Crippen molar-refractivity contribution in [3.8, 4) is 0 Å². The smallest absolute Gasteiger partial charge is 0.346 e. The van der Waals surface area contributed by atoms with E-state index in [1.54, 1.807) is 0 Å². The molecule has 1 aliphatic carbocycles. The zero-order chi connectivity index (χ0) is 12.2. The van der Waals surface area contributed by atoms with Gasteiger partial charge in [-0.05, 0) is 25.0 Å². The van der Waals surface area contributed by atoms with Crippen molar-refractivity contribution in [3.05, 3.63) is 30.3 Å². The Labute approximate surface area is 110 Å². The molecule has 2 radical (unpaired) electrons. The lowest BCUT2D eigenvalue weighted by atomic mass is 9.90. The number of hydrogen-bond donors (Lipinski definition) is 2. The zero-order valence-corrected chi connectivity index (χ0v) is 10.5. The Balaban J connectivity index is 1.54. The summed E-state index contributed by atoms with van der Waals surface area (Å²) in [6.07, 6.45) is 6.64. The maximum absolute atomic E-state index is 3.35. The minimum Gasteiger partial charge on any atom is -0.346 e. The van der Waals surface area contributed by atoms with E-state index in [0.29, 0.717) is 6.04 Å². The summed E-state index contributed by atoms with van der Waals surface area (Å²) in [6.45, 7) is 0. The molecule has 1 aliphatic heterocycles. The predicted octanol–water partition coefficient (Wildman–Crippen LogP) is 1.22. The van der Waals surface area contributed by atoms with Crippen molar-refractivity contribution in [2.75, 3.05) is 4.92 Å². The van der Waals surface area contributed by atoms with Crippen molar-refractivity contribution in [2.24, 2.45) is 0 Å². The average molecular weight is 240 g/mol. The van der Waals surface area contributed by atoms with Crippen LogP contribution in [0.2, 0.25) is 0 Å². The van der Waals surface area contributed by atoms with Crippen molar-refractivity contribution in [2.45, 2.75) is 38.1 Å². The van der Waals surface area contributed by atoms with Crippen LogP contribution < -0.4 is 15.6 Å². The van der Waals surface area contributed by atoms with E-state index in [-0.39, 0.29) is 0 Å². The van der Waals surface area contributed by atoms with E-state index >= 15 is 0 Å². The monoisotopic (exact) mass is 240 g/mol. The number of hydrazine groups is 2. The molecule has 0 amide bonds. The molecular weight excluding hydrogens is 222 g/mol. The second kappa shape index (κ2) is 5.78. The Kier molecular flexibility index (Phi) is 3.88. The maximum atomic E-state index is 3.35. The molecule has 0 spiro atoms. The van der Waals surface area contributed by atoms with Crippen LogP contribution >= 0.6 is 0 Å². The third kappa shape index (κ3) is 2.71. The number of benzene rings is 1. The van der Waals surface area contributed by atoms with Crippen LogP contribution in [0, 0.1) is 0 Å². The van der Waals surface area contributed by atoms with E-state index in [2.05, 4.69) is 27.7 Å². The molecule has 0 atom stereocenters. The van der Waals surface area contributed by atoms with Crippen molar-refractivity contribution >= 4 is 20.8 Å². The van der Waals surface area contributed by atoms with Crippen molar-refractivity contribution in [1.82, 2.24) is 15.6 Å². The van der Waals surface area contributed by atoms with Crippen LogP contribution in [0.25, 0.3) is 0 Å². The molecule has 2 aliphatic rings. The first-order chi connectivity index (χ1) is 8.93. The number of hydrogen-bond acceptors (Lipinski definition) is 4. The average Bonchev–Trinajstić information content (AvgIpc) is 2.49. The van der Waals surface area contributed by atoms with Crippen LogP contribution in [0.15, 0.2) is 30.3 Å². The highest BCUT2D eigenvalue weighted by Gasteiger charge is 2.27. The fourth-order valence-corrected chi connectivity index (χ4v) is 2.63. The van der Waals surface area contributed by atoms with Crippen LogP contribution in [0.4, 0.5) is 5.69 Å². The summed E-state index contributed by atoms with van der Waals surface area (Å²) in [4.78, 5) is 4.18. The minimum atomic E-state index is 0.625. The summed E-state index contributed by atoms with van der Waals surface area (Å²) in [7, 11) is 4.01. The van der Waals surface area contributed by atoms with Gasteiger partial charge in [-0.3, -0.25) is 15.6 Å². The molecule has 1 saturated carbocycles. The maximum Gasteiger partial charge on any atom is 0.379 e. The van der Waals surface area contributed by atoms with Crippen molar-refractivity contribution in [1.29, 1.82) is 0 Å². The molecule has 1 saturated heterocycles. The SMILES string of the molecule is [B]1NN(C2CCCCC2)[B]NN1c1ccccc1. The van der Waals surface area contributed by atoms with E-state index < -0.39 is 0 Å². The molecule has 18 heavy (non-hydrogen) atoms. The van der Waals surface area contributed by atoms with Gasteiger partial charge in [-0.2, -0.15) is 0 Å². The Hall–Kier alpha value is -0.970. The quantitative estimate of drug-likeness (QED) is 0.761. The first kappa shape index (κ1) is 12.1. The number of anilines is 1. The molecule has 1 aromatic rings. The van der Waals surface area contributed by atoms with E-state index in [1.165, 1.54) is 32.1 Å². The molecule has 2 fully saturated rings. The third-order valence-corrected chi connectivity index (χ3v) is 3.67. The molecule has 6 heteroatoms. The summed E-state index contributed by atoms with van der Waals surface area (Å²) in [6, 6.07) is 10.9. The lowest BCUT2D eigenvalue weighted by Gasteiger charge is -2.41. The van der Waals surface area contributed by atoms with Crippen LogP contribution in [-0.4, -0.2) is 26.1 Å². The Morgan fingerprint density at radius 3 is 2.39 bits per heavy atom. The molecule has 0 aromatic heterocycles. The Morgan fingerprint density at radius 2 is 1.72 bits per heavy atom. The van der Waals surface area contributed by atoms with Crippen molar-refractivity contribution in [3.63, 3.8) is 0 Å². The normalized spacial score (nSPS) is 22.3. The van der Waals surface area contributed by atoms with Gasteiger partial charge in [-0.15, -0.1) is 0 Å². The third-order valence-electron chi connectivity index (χ3n) is 3.67. The Morgan fingerprint density at radius 1 is 0.944 bits per heavy atom. The fraction of sp³-hybridized carbons (Fsp3) is 0.500. The lowest BCUT2D eigenvalue weighted by Crippen LogP contribution is -2.67. The van der Waals surface area contributed by atoms with Gasteiger partial charge in [0.25, 0.3) is 0 Å². The molecule has 1 heterocycles. The second-order valence-electron chi connectivity index (χ2n) is 4.92. The molecule has 3 rings (SSSR count). The van der Waals surface area contributed by atoms with Gasteiger partial charge in [0.1, 0.15) is 0 Å². The number of rotatable bonds is 2. The van der Waals surface area contributed by atoms with Gasteiger partial charge in [-0.1, -0.05) is 37.5 Å². The first-order valence-electron chi connectivity index (χ1n) is 6.75. The van der Waals surface area contributed by atoms with Gasteiger partial charge in [0, 0.05) is 11.7 Å². The van der Waals surface area contributed by atoms with E-state index in [0.717, 1.165) is 5.69 Å². The van der Waals surface area contributed by atoms with Gasteiger partial charge >= 0.3 is 15.1 Å². The Bertz CT molecular complexity index is 362. The summed E-state index contributed by atoms with van der Waals surface area (Å²) in [5.41, 5.74) is 1.13. The largest absolute Gasteiger partial charge is 0.379 e. The number of nitrogens with one attached hydrogen (secondary N) is 2. The molecule has 0 bridgehead atoms. The van der Waals surface area contributed by atoms with Gasteiger partial charge < -0.3 is 4.92 Å². The van der Waals surface area contributed by atoms with Crippen LogP contribution in [0.3, 0.4) is 0 Å². The topological polar surface area (TPSA) is 30.5 Å². The first-order valence-corrected chi connectivity index (χ1v) is 6.75. The molecule has 1 aromatic carbocycles. The van der Waals surface area contributed by atoms with Gasteiger partial charge in [0.15, 0.2) is 0 Å².